The molecule has 0 unspecified atom stereocenters. The Bertz CT molecular complexity index is 1230. The summed E-state index contributed by atoms with van der Waals surface area (Å²) in [6.07, 6.45) is -0.484. The predicted octanol–water partition coefficient (Wildman–Crippen LogP) is 5.81. The van der Waals surface area contributed by atoms with Crippen molar-refractivity contribution in [3.63, 3.8) is 0 Å². The second kappa shape index (κ2) is 16.8. The van der Waals surface area contributed by atoms with E-state index >= 15 is 0 Å². The van der Waals surface area contributed by atoms with E-state index in [-0.39, 0.29) is 30.8 Å². The molecule has 0 bridgehead atoms. The SMILES string of the molecule is CC[C@H](C)[C@@H]([C@@H](CC(=O)OC(C)(C)C)OC)N(C)C(=O)[C@@H](NC(=O)c1ccc(NC(=O)OCc2ccccc2)cc1)C(C)C. The largest absolute Gasteiger partial charge is 0.460 e. The van der Waals surface area contributed by atoms with Crippen molar-refractivity contribution in [3.05, 3.63) is 65.7 Å². The molecule has 2 rings (SSSR count). The van der Waals surface area contributed by atoms with Gasteiger partial charge >= 0.3 is 12.1 Å². The van der Waals surface area contributed by atoms with Crippen molar-refractivity contribution >= 4 is 29.6 Å². The molecule has 0 spiro atoms. The first-order valence-corrected chi connectivity index (χ1v) is 15.1. The number of hydrogen-bond donors (Lipinski definition) is 2. The molecular formula is C34H49N3O7. The van der Waals surface area contributed by atoms with Gasteiger partial charge in [-0.15, -0.1) is 0 Å². The topological polar surface area (TPSA) is 123 Å². The molecule has 10 heteroatoms. The molecular weight excluding hydrogens is 562 g/mol. The van der Waals surface area contributed by atoms with Crippen molar-refractivity contribution in [1.82, 2.24) is 10.2 Å². The van der Waals surface area contributed by atoms with Gasteiger partial charge in [0.2, 0.25) is 5.91 Å². The van der Waals surface area contributed by atoms with Crippen molar-refractivity contribution in [2.45, 2.75) is 91.7 Å². The highest BCUT2D eigenvalue weighted by Crippen LogP contribution is 2.24. The van der Waals surface area contributed by atoms with E-state index in [1.165, 1.54) is 7.11 Å². The lowest BCUT2D eigenvalue weighted by atomic mass is 9.90. The standard InChI is InChI=1S/C34H49N3O7/c1-10-23(4)30(27(42-9)20-28(38)44-34(5,6)7)37(8)32(40)29(22(2)3)36-31(39)25-16-18-26(19-17-25)35-33(41)43-21-24-14-12-11-13-15-24/h11-19,22-23,27,29-30H,10,20-21H2,1-9H3,(H,35,41)(H,36,39)/t23-,27+,29-,30-/m0/s1. The van der Waals surface area contributed by atoms with Crippen molar-refractivity contribution < 1.29 is 33.4 Å². The molecule has 10 nitrogen and oxygen atoms in total. The third-order valence-electron chi connectivity index (χ3n) is 7.32. The fourth-order valence-electron chi connectivity index (χ4n) is 4.82. The summed E-state index contributed by atoms with van der Waals surface area (Å²) in [5.74, 6) is -1.35. The summed E-state index contributed by atoms with van der Waals surface area (Å²) >= 11 is 0. The monoisotopic (exact) mass is 611 g/mol. The molecule has 0 aromatic heterocycles. The molecule has 0 aliphatic rings. The van der Waals surface area contributed by atoms with Crippen LogP contribution in [-0.2, 0) is 30.4 Å². The van der Waals surface area contributed by atoms with Gasteiger partial charge in [0.05, 0.1) is 18.6 Å². The number of carbonyl (C=O) groups is 4. The number of carbonyl (C=O) groups excluding carboxylic acids is 4. The van der Waals surface area contributed by atoms with Gasteiger partial charge in [-0.25, -0.2) is 4.79 Å². The summed E-state index contributed by atoms with van der Waals surface area (Å²) in [7, 11) is 3.20. The van der Waals surface area contributed by atoms with E-state index in [1.54, 1.807) is 57.0 Å². The number of hydrogen-bond acceptors (Lipinski definition) is 7. The molecule has 0 radical (unpaired) electrons. The number of likely N-dealkylation sites (N-methyl/N-ethyl adjacent to an activating group) is 1. The summed E-state index contributed by atoms with van der Waals surface area (Å²) in [5, 5.41) is 5.52. The smallest absolute Gasteiger partial charge is 0.411 e. The van der Waals surface area contributed by atoms with Gasteiger partial charge in [-0.3, -0.25) is 19.7 Å². The lowest BCUT2D eigenvalue weighted by molar-refractivity contribution is -0.160. The average Bonchev–Trinajstić information content (AvgIpc) is 2.97. The molecule has 4 atom stereocenters. The van der Waals surface area contributed by atoms with Crippen LogP contribution in [0.1, 0.15) is 77.2 Å². The van der Waals surface area contributed by atoms with Crippen LogP contribution in [0, 0.1) is 11.8 Å². The van der Waals surface area contributed by atoms with Gasteiger partial charge < -0.3 is 24.4 Å². The van der Waals surface area contributed by atoms with Gasteiger partial charge in [0.1, 0.15) is 18.2 Å². The quantitative estimate of drug-likeness (QED) is 0.259. The second-order valence-corrected chi connectivity index (χ2v) is 12.3. The van der Waals surface area contributed by atoms with Crippen molar-refractivity contribution in [2.75, 3.05) is 19.5 Å². The zero-order valence-electron chi connectivity index (χ0n) is 27.5. The summed E-state index contributed by atoms with van der Waals surface area (Å²) in [5.41, 5.74) is 1.01. The maximum absolute atomic E-state index is 13.9. The normalized spacial score (nSPS) is 14.1. The van der Waals surface area contributed by atoms with Crippen LogP contribution in [-0.4, -0.2) is 66.7 Å². The summed E-state index contributed by atoms with van der Waals surface area (Å²) in [6, 6.07) is 14.4. The van der Waals surface area contributed by atoms with E-state index in [0.29, 0.717) is 11.3 Å². The number of rotatable bonds is 14. The maximum atomic E-state index is 13.9. The molecule has 0 heterocycles. The zero-order chi connectivity index (χ0) is 33.0. The molecule has 0 saturated carbocycles. The number of methoxy groups -OCH3 is 1. The first kappa shape index (κ1) is 36.3. The van der Waals surface area contributed by atoms with Gasteiger partial charge in [-0.1, -0.05) is 64.4 Å². The second-order valence-electron chi connectivity index (χ2n) is 12.3. The highest BCUT2D eigenvalue weighted by Gasteiger charge is 2.38. The third kappa shape index (κ3) is 11.3. The van der Waals surface area contributed by atoms with Crippen molar-refractivity contribution in [3.8, 4) is 0 Å². The van der Waals surface area contributed by atoms with Crippen LogP contribution < -0.4 is 10.6 Å². The Morgan fingerprint density at radius 1 is 0.932 bits per heavy atom. The Morgan fingerprint density at radius 2 is 1.55 bits per heavy atom. The van der Waals surface area contributed by atoms with Gasteiger partial charge in [0, 0.05) is 25.4 Å². The van der Waals surface area contributed by atoms with Crippen molar-refractivity contribution in [2.24, 2.45) is 11.8 Å². The molecule has 0 fully saturated rings. The number of benzene rings is 2. The van der Waals surface area contributed by atoms with E-state index in [9.17, 15) is 19.2 Å². The summed E-state index contributed by atoms with van der Waals surface area (Å²) in [4.78, 5) is 53.5. The zero-order valence-corrected chi connectivity index (χ0v) is 27.5. The summed E-state index contributed by atoms with van der Waals surface area (Å²) in [6.45, 7) is 13.3. The predicted molar refractivity (Wildman–Crippen MR) is 170 cm³/mol. The number of nitrogens with zero attached hydrogens (tertiary/aromatic N) is 1. The third-order valence-corrected chi connectivity index (χ3v) is 7.32. The minimum atomic E-state index is -0.830. The lowest BCUT2D eigenvalue weighted by Crippen LogP contribution is -2.57. The Kier molecular flexibility index (Phi) is 13.8. The Hall–Kier alpha value is -3.92. The number of nitrogens with one attached hydrogen (secondary N) is 2. The van der Waals surface area contributed by atoms with Crippen molar-refractivity contribution in [1.29, 1.82) is 0 Å². The molecule has 2 N–H and O–H groups in total. The van der Waals surface area contributed by atoms with E-state index in [4.69, 9.17) is 14.2 Å². The minimum absolute atomic E-state index is 0.000669. The van der Waals surface area contributed by atoms with Crippen LogP contribution >= 0.6 is 0 Å². The summed E-state index contributed by atoms with van der Waals surface area (Å²) < 4.78 is 16.5. The molecule has 2 aromatic rings. The Morgan fingerprint density at radius 3 is 2.07 bits per heavy atom. The number of anilines is 1. The number of ether oxygens (including phenoxy) is 3. The van der Waals surface area contributed by atoms with Crippen LogP contribution in [0.25, 0.3) is 0 Å². The molecule has 0 saturated heterocycles. The maximum Gasteiger partial charge on any atom is 0.411 e. The first-order valence-electron chi connectivity index (χ1n) is 15.1. The average molecular weight is 612 g/mol. The Balaban J connectivity index is 2.11. The van der Waals surface area contributed by atoms with Gasteiger partial charge in [-0.2, -0.15) is 0 Å². The van der Waals surface area contributed by atoms with E-state index in [1.807, 2.05) is 58.0 Å². The van der Waals surface area contributed by atoms with Crippen LogP contribution in [0.4, 0.5) is 10.5 Å². The molecule has 44 heavy (non-hydrogen) atoms. The van der Waals surface area contributed by atoms with Gasteiger partial charge in [0.25, 0.3) is 5.91 Å². The number of amides is 3. The molecule has 0 aliphatic heterocycles. The Labute approximate surface area is 261 Å². The van der Waals surface area contributed by atoms with E-state index in [0.717, 1.165) is 12.0 Å². The first-order chi connectivity index (χ1) is 20.7. The fourth-order valence-corrected chi connectivity index (χ4v) is 4.82. The molecule has 242 valence electrons. The van der Waals surface area contributed by atoms with E-state index in [2.05, 4.69) is 10.6 Å². The van der Waals surface area contributed by atoms with E-state index < -0.39 is 41.8 Å². The highest BCUT2D eigenvalue weighted by atomic mass is 16.6. The highest BCUT2D eigenvalue weighted by molar-refractivity contribution is 5.98. The molecule has 2 aromatic carbocycles. The fraction of sp³-hybridized carbons (Fsp3) is 0.529. The van der Waals surface area contributed by atoms with Crippen LogP contribution in [0.3, 0.4) is 0 Å². The van der Waals surface area contributed by atoms with Crippen LogP contribution in [0.15, 0.2) is 54.6 Å². The minimum Gasteiger partial charge on any atom is -0.460 e. The lowest BCUT2D eigenvalue weighted by Gasteiger charge is -2.39. The van der Waals surface area contributed by atoms with Gasteiger partial charge in [-0.05, 0) is 62.4 Å². The number of esters is 1. The molecule has 3 amide bonds. The van der Waals surface area contributed by atoms with Gasteiger partial charge in [0.15, 0.2) is 0 Å². The van der Waals surface area contributed by atoms with Crippen LogP contribution in [0.5, 0.6) is 0 Å². The molecule has 0 aliphatic carbocycles. The van der Waals surface area contributed by atoms with Crippen LogP contribution in [0.2, 0.25) is 0 Å².